The molecular formula is C22H18FN5O3. The van der Waals surface area contributed by atoms with Gasteiger partial charge >= 0.3 is 6.09 Å². The molecule has 31 heavy (non-hydrogen) atoms. The molecule has 1 saturated heterocycles. The first-order chi connectivity index (χ1) is 14.9. The molecule has 8 nitrogen and oxygen atoms in total. The van der Waals surface area contributed by atoms with Gasteiger partial charge in [-0.25, -0.2) is 13.9 Å². The van der Waals surface area contributed by atoms with Gasteiger partial charge in [0.2, 0.25) is 0 Å². The molecule has 0 saturated carbocycles. The van der Waals surface area contributed by atoms with Crippen LogP contribution in [0.3, 0.4) is 0 Å². The van der Waals surface area contributed by atoms with Gasteiger partial charge in [-0.05, 0) is 54.6 Å². The van der Waals surface area contributed by atoms with Crippen molar-refractivity contribution < 1.29 is 18.7 Å². The van der Waals surface area contributed by atoms with Crippen LogP contribution in [0.1, 0.15) is 22.5 Å². The zero-order valence-electron chi connectivity index (χ0n) is 16.4. The average Bonchev–Trinajstić information content (AvgIpc) is 3.41. The largest absolute Gasteiger partial charge is 0.444 e. The van der Waals surface area contributed by atoms with E-state index in [0.717, 1.165) is 0 Å². The van der Waals surface area contributed by atoms with E-state index in [0.29, 0.717) is 35.5 Å². The van der Waals surface area contributed by atoms with Gasteiger partial charge in [0, 0.05) is 18.5 Å². The lowest BCUT2D eigenvalue weighted by Crippen LogP contribution is -2.31. The summed E-state index contributed by atoms with van der Waals surface area (Å²) in [6.07, 6.45) is -0.822. The fourth-order valence-electron chi connectivity index (χ4n) is 3.52. The van der Waals surface area contributed by atoms with Crippen LogP contribution in [-0.2, 0) is 4.74 Å². The minimum absolute atomic E-state index is 0.198. The number of ether oxygens (including phenoxy) is 1. The summed E-state index contributed by atoms with van der Waals surface area (Å²) in [4.78, 5) is 25.6. The molecule has 2 N–H and O–H groups in total. The number of nitrogens with two attached hydrogens (primary N) is 1. The van der Waals surface area contributed by atoms with Crippen molar-refractivity contribution in [2.75, 3.05) is 13.1 Å². The number of benzene rings is 2. The zero-order valence-corrected chi connectivity index (χ0v) is 16.4. The summed E-state index contributed by atoms with van der Waals surface area (Å²) >= 11 is 0. The Balaban J connectivity index is 1.69. The molecule has 1 unspecified atom stereocenters. The van der Waals surface area contributed by atoms with Crippen molar-refractivity contribution in [3.8, 4) is 23.0 Å². The van der Waals surface area contributed by atoms with Crippen LogP contribution in [0.5, 0.6) is 0 Å². The molecule has 4 rings (SSSR count). The van der Waals surface area contributed by atoms with Gasteiger partial charge in [0.05, 0.1) is 29.6 Å². The maximum Gasteiger partial charge on any atom is 0.404 e. The number of carbonyl (C=O) groups excluding carboxylic acids is 2. The number of carbonyl (C=O) groups is 2. The molecule has 0 radical (unpaired) electrons. The van der Waals surface area contributed by atoms with Gasteiger partial charge in [0.15, 0.2) is 5.69 Å². The van der Waals surface area contributed by atoms with E-state index in [2.05, 4.69) is 11.2 Å². The number of hydrogen-bond acceptors (Lipinski definition) is 5. The molecule has 2 amide bonds. The van der Waals surface area contributed by atoms with E-state index in [1.165, 1.54) is 12.1 Å². The van der Waals surface area contributed by atoms with E-state index in [9.17, 15) is 14.0 Å². The number of amides is 2. The molecule has 0 aliphatic carbocycles. The lowest BCUT2D eigenvalue weighted by molar-refractivity contribution is 0.0733. The van der Waals surface area contributed by atoms with Gasteiger partial charge in [0.1, 0.15) is 11.9 Å². The summed E-state index contributed by atoms with van der Waals surface area (Å²) in [7, 11) is 0. The van der Waals surface area contributed by atoms with Gasteiger partial charge in [-0.3, -0.25) is 4.79 Å². The minimum Gasteiger partial charge on any atom is -0.444 e. The second kappa shape index (κ2) is 8.28. The summed E-state index contributed by atoms with van der Waals surface area (Å²) in [5.41, 5.74) is 7.67. The van der Waals surface area contributed by atoms with Crippen LogP contribution in [-0.4, -0.2) is 45.9 Å². The Labute approximate surface area is 177 Å². The highest BCUT2D eigenvalue weighted by Gasteiger charge is 2.31. The quantitative estimate of drug-likeness (QED) is 0.698. The third kappa shape index (κ3) is 4.23. The highest BCUT2D eigenvalue weighted by molar-refractivity contribution is 5.94. The van der Waals surface area contributed by atoms with E-state index in [1.807, 2.05) is 0 Å². The average molecular weight is 419 g/mol. The van der Waals surface area contributed by atoms with Crippen LogP contribution < -0.4 is 5.73 Å². The normalized spacial score (nSPS) is 15.5. The Hall–Kier alpha value is -4.19. The van der Waals surface area contributed by atoms with Crippen molar-refractivity contribution in [2.45, 2.75) is 12.5 Å². The Morgan fingerprint density at radius 1 is 1.16 bits per heavy atom. The molecule has 0 spiro atoms. The highest BCUT2D eigenvalue weighted by Crippen LogP contribution is 2.26. The van der Waals surface area contributed by atoms with Crippen molar-refractivity contribution in [3.63, 3.8) is 0 Å². The summed E-state index contributed by atoms with van der Waals surface area (Å²) < 4.78 is 20.0. The van der Waals surface area contributed by atoms with Crippen molar-refractivity contribution >= 4 is 12.0 Å². The van der Waals surface area contributed by atoms with Gasteiger partial charge in [-0.2, -0.15) is 10.4 Å². The SMILES string of the molecule is N#Cc1ccc(-n2nc(C(=O)N3CCC(OC(N)=O)C3)cc2-c2ccc(F)cc2)cc1. The number of aromatic nitrogens is 2. The maximum absolute atomic E-state index is 13.4. The highest BCUT2D eigenvalue weighted by atomic mass is 19.1. The molecule has 1 aromatic heterocycles. The van der Waals surface area contributed by atoms with Crippen LogP contribution in [0.4, 0.5) is 9.18 Å². The van der Waals surface area contributed by atoms with E-state index in [-0.39, 0.29) is 24.0 Å². The predicted octanol–water partition coefficient (Wildman–Crippen LogP) is 2.86. The second-order valence-electron chi connectivity index (χ2n) is 7.09. The van der Waals surface area contributed by atoms with Gasteiger partial charge in [-0.15, -0.1) is 0 Å². The van der Waals surface area contributed by atoms with E-state index in [4.69, 9.17) is 15.7 Å². The number of hydrogen-bond donors (Lipinski definition) is 1. The fourth-order valence-corrected chi connectivity index (χ4v) is 3.52. The molecule has 1 aliphatic heterocycles. The van der Waals surface area contributed by atoms with E-state index in [1.54, 1.807) is 52.0 Å². The number of nitrogens with zero attached hydrogens (tertiary/aromatic N) is 4. The Morgan fingerprint density at radius 3 is 2.52 bits per heavy atom. The van der Waals surface area contributed by atoms with Crippen molar-refractivity contribution in [1.82, 2.24) is 14.7 Å². The molecular weight excluding hydrogens is 401 g/mol. The van der Waals surface area contributed by atoms with Crippen LogP contribution in [0, 0.1) is 17.1 Å². The second-order valence-corrected chi connectivity index (χ2v) is 7.09. The molecule has 9 heteroatoms. The summed E-state index contributed by atoms with van der Waals surface area (Å²) in [5.74, 6) is -0.687. The number of halogens is 1. The minimum atomic E-state index is -0.872. The van der Waals surface area contributed by atoms with Gasteiger partial charge < -0.3 is 15.4 Å². The maximum atomic E-state index is 13.4. The predicted molar refractivity (Wildman–Crippen MR) is 109 cm³/mol. The third-order valence-electron chi connectivity index (χ3n) is 5.02. The Kier molecular flexibility index (Phi) is 5.37. The van der Waals surface area contributed by atoms with Crippen molar-refractivity contribution in [1.29, 1.82) is 5.26 Å². The fraction of sp³-hybridized carbons (Fsp3) is 0.182. The molecule has 2 aromatic carbocycles. The van der Waals surface area contributed by atoms with Gasteiger partial charge in [-0.1, -0.05) is 0 Å². The molecule has 1 fully saturated rings. The lowest BCUT2D eigenvalue weighted by atomic mass is 10.1. The van der Waals surface area contributed by atoms with Crippen LogP contribution in [0.25, 0.3) is 16.9 Å². The number of likely N-dealkylation sites (tertiary alicyclic amines) is 1. The Morgan fingerprint density at radius 2 is 1.87 bits per heavy atom. The smallest absolute Gasteiger partial charge is 0.404 e. The number of rotatable bonds is 4. The third-order valence-corrected chi connectivity index (χ3v) is 5.02. The van der Waals surface area contributed by atoms with Crippen molar-refractivity contribution in [3.05, 3.63) is 71.7 Å². The lowest BCUT2D eigenvalue weighted by Gasteiger charge is -2.14. The standard InChI is InChI=1S/C22H18FN5O3/c23-16-5-3-15(4-6-16)20-11-19(21(29)27-10-9-18(13-27)31-22(25)30)26-28(20)17-7-1-14(12-24)2-8-17/h1-8,11,18H,9-10,13H2,(H2,25,30). The molecule has 3 aromatic rings. The summed E-state index contributed by atoms with van der Waals surface area (Å²) in [5, 5.41) is 13.5. The van der Waals surface area contributed by atoms with E-state index >= 15 is 0 Å². The van der Waals surface area contributed by atoms with Crippen LogP contribution in [0.15, 0.2) is 54.6 Å². The van der Waals surface area contributed by atoms with Crippen molar-refractivity contribution in [2.24, 2.45) is 5.73 Å². The zero-order chi connectivity index (χ0) is 22.0. The summed E-state index contributed by atoms with van der Waals surface area (Å²) in [6, 6.07) is 16.3. The monoisotopic (exact) mass is 419 g/mol. The molecule has 2 heterocycles. The molecule has 0 bridgehead atoms. The number of primary amides is 1. The summed E-state index contributed by atoms with van der Waals surface area (Å²) in [6.45, 7) is 0.643. The Bertz CT molecular complexity index is 1170. The topological polar surface area (TPSA) is 114 Å². The van der Waals surface area contributed by atoms with Gasteiger partial charge in [0.25, 0.3) is 5.91 Å². The van der Waals surface area contributed by atoms with Crippen LogP contribution in [0.2, 0.25) is 0 Å². The van der Waals surface area contributed by atoms with Crippen LogP contribution >= 0.6 is 0 Å². The van der Waals surface area contributed by atoms with E-state index < -0.39 is 12.2 Å². The molecule has 1 aliphatic rings. The first-order valence-corrected chi connectivity index (χ1v) is 9.56. The first-order valence-electron chi connectivity index (χ1n) is 9.56. The molecule has 1 atom stereocenters. The number of nitriles is 1. The molecule has 156 valence electrons. The first kappa shape index (κ1) is 20.1.